The maximum absolute atomic E-state index is 11.2. The molecule has 1 heterocycles. The summed E-state index contributed by atoms with van der Waals surface area (Å²) in [7, 11) is 2.84. The Kier molecular flexibility index (Phi) is 13.2. The normalized spacial score (nSPS) is 10.4. The van der Waals surface area contributed by atoms with Crippen molar-refractivity contribution < 1.29 is 28.7 Å². The fourth-order valence-corrected chi connectivity index (χ4v) is 2.36. The molecular weight excluding hydrogens is 366 g/mol. The molecule has 0 spiro atoms. The highest BCUT2D eigenvalue weighted by Gasteiger charge is 2.02. The van der Waals surface area contributed by atoms with E-state index in [1.165, 1.54) is 14.2 Å². The minimum absolute atomic E-state index is 0.111. The lowest BCUT2D eigenvalue weighted by atomic mass is 10.2. The number of aromatic nitrogens is 1. The molecule has 0 aliphatic carbocycles. The Morgan fingerprint density at radius 3 is 1.89 bits per heavy atom. The maximum Gasteiger partial charge on any atom is 0.243 e. The van der Waals surface area contributed by atoms with Gasteiger partial charge in [0.2, 0.25) is 17.7 Å². The lowest BCUT2D eigenvalue weighted by Crippen LogP contribution is -2.21. The Labute approximate surface area is 166 Å². The molecule has 0 saturated carbocycles. The molecule has 0 saturated heterocycles. The van der Waals surface area contributed by atoms with E-state index in [1.54, 1.807) is 12.3 Å². The minimum atomic E-state index is -0.114. The molecule has 1 rings (SSSR count). The first kappa shape index (κ1) is 23.6. The first-order valence-electron chi connectivity index (χ1n) is 9.51. The number of nitrogens with zero attached hydrogens (tertiary/aromatic N) is 1. The Morgan fingerprint density at radius 2 is 1.39 bits per heavy atom. The monoisotopic (exact) mass is 397 g/mol. The number of amides is 2. The van der Waals surface area contributed by atoms with Gasteiger partial charge >= 0.3 is 0 Å². The van der Waals surface area contributed by atoms with Crippen molar-refractivity contribution in [1.29, 1.82) is 0 Å². The van der Waals surface area contributed by atoms with Crippen LogP contribution in [-0.2, 0) is 19.3 Å². The average Bonchev–Trinajstić information content (AvgIpc) is 2.68. The smallest absolute Gasteiger partial charge is 0.243 e. The lowest BCUT2D eigenvalue weighted by Gasteiger charge is -2.08. The van der Waals surface area contributed by atoms with Gasteiger partial charge in [0.1, 0.15) is 5.75 Å². The van der Waals surface area contributed by atoms with Gasteiger partial charge in [-0.1, -0.05) is 0 Å². The summed E-state index contributed by atoms with van der Waals surface area (Å²) in [5.74, 6) is 1.01. The zero-order chi connectivity index (χ0) is 20.5. The number of hydrogen-bond acceptors (Lipinski definition) is 7. The van der Waals surface area contributed by atoms with Gasteiger partial charge in [-0.25, -0.2) is 15.9 Å². The second kappa shape index (κ2) is 15.6. The molecule has 158 valence electrons. The number of hydrogen-bond donors (Lipinski definition) is 2. The van der Waals surface area contributed by atoms with Gasteiger partial charge in [0, 0.05) is 18.9 Å². The van der Waals surface area contributed by atoms with Crippen molar-refractivity contribution in [3.05, 3.63) is 18.3 Å². The third-order valence-electron chi connectivity index (χ3n) is 3.76. The van der Waals surface area contributed by atoms with Gasteiger partial charge < -0.3 is 9.47 Å². The van der Waals surface area contributed by atoms with E-state index in [0.717, 1.165) is 38.5 Å². The van der Waals surface area contributed by atoms with Crippen LogP contribution < -0.4 is 20.4 Å². The fourth-order valence-electron chi connectivity index (χ4n) is 2.36. The van der Waals surface area contributed by atoms with Crippen molar-refractivity contribution >= 4 is 11.8 Å². The van der Waals surface area contributed by atoms with Crippen molar-refractivity contribution in [2.75, 3.05) is 27.4 Å². The SMILES string of the molecule is CONC(=O)CCCCCOc1ccc(OCCCCCC(=O)NOC)nc1. The third-order valence-corrected chi connectivity index (χ3v) is 3.76. The van der Waals surface area contributed by atoms with Crippen molar-refractivity contribution in [2.45, 2.75) is 51.4 Å². The van der Waals surface area contributed by atoms with E-state index in [9.17, 15) is 9.59 Å². The Morgan fingerprint density at radius 1 is 0.821 bits per heavy atom. The predicted molar refractivity (Wildman–Crippen MR) is 102 cm³/mol. The third kappa shape index (κ3) is 12.1. The van der Waals surface area contributed by atoms with Gasteiger partial charge in [-0.15, -0.1) is 0 Å². The van der Waals surface area contributed by atoms with Crippen LogP contribution in [0.2, 0.25) is 0 Å². The van der Waals surface area contributed by atoms with Gasteiger partial charge in [0.05, 0.1) is 33.6 Å². The van der Waals surface area contributed by atoms with Crippen LogP contribution in [-0.4, -0.2) is 44.2 Å². The fraction of sp³-hybridized carbons (Fsp3) is 0.632. The minimum Gasteiger partial charge on any atom is -0.492 e. The summed E-state index contributed by atoms with van der Waals surface area (Å²) in [5.41, 5.74) is 4.58. The van der Waals surface area contributed by atoms with E-state index in [2.05, 4.69) is 25.6 Å². The number of nitrogens with one attached hydrogen (secondary N) is 2. The molecule has 9 nitrogen and oxygen atoms in total. The largest absolute Gasteiger partial charge is 0.492 e. The van der Waals surface area contributed by atoms with E-state index in [-0.39, 0.29) is 11.8 Å². The Hall–Kier alpha value is -2.39. The Bertz CT molecular complexity index is 504. The first-order valence-corrected chi connectivity index (χ1v) is 9.51. The van der Waals surface area contributed by atoms with Crippen LogP contribution >= 0.6 is 0 Å². The number of carbonyl (C=O) groups is 2. The number of ether oxygens (including phenoxy) is 2. The maximum atomic E-state index is 11.2. The molecule has 0 fully saturated rings. The number of pyridine rings is 1. The summed E-state index contributed by atoms with van der Waals surface area (Å²) < 4.78 is 11.2. The summed E-state index contributed by atoms with van der Waals surface area (Å²) in [4.78, 5) is 35.7. The van der Waals surface area contributed by atoms with Crippen molar-refractivity contribution in [3.63, 3.8) is 0 Å². The van der Waals surface area contributed by atoms with Crippen LogP contribution in [0.25, 0.3) is 0 Å². The number of carbonyl (C=O) groups excluding carboxylic acids is 2. The van der Waals surface area contributed by atoms with E-state index in [4.69, 9.17) is 9.47 Å². The second-order valence-corrected chi connectivity index (χ2v) is 6.11. The van der Waals surface area contributed by atoms with Crippen molar-refractivity contribution in [2.24, 2.45) is 0 Å². The van der Waals surface area contributed by atoms with Crippen LogP contribution in [0.5, 0.6) is 11.6 Å². The van der Waals surface area contributed by atoms with Crippen LogP contribution in [0.15, 0.2) is 18.3 Å². The summed E-state index contributed by atoms with van der Waals surface area (Å²) in [6, 6.07) is 3.60. The molecule has 0 aromatic carbocycles. The number of rotatable bonds is 16. The van der Waals surface area contributed by atoms with Gasteiger partial charge in [0.15, 0.2) is 0 Å². The molecular formula is C19H31N3O6. The predicted octanol–water partition coefficient (Wildman–Crippen LogP) is 2.32. The van der Waals surface area contributed by atoms with Gasteiger partial charge in [0.25, 0.3) is 0 Å². The first-order chi connectivity index (χ1) is 13.7. The molecule has 9 heteroatoms. The van der Waals surface area contributed by atoms with E-state index in [0.29, 0.717) is 37.7 Å². The second-order valence-electron chi connectivity index (χ2n) is 6.11. The highest BCUT2D eigenvalue weighted by Crippen LogP contribution is 2.15. The molecule has 0 radical (unpaired) electrons. The van der Waals surface area contributed by atoms with Gasteiger partial charge in [-0.05, 0) is 44.6 Å². The molecule has 2 N–H and O–H groups in total. The molecule has 1 aromatic rings. The molecule has 0 aliphatic rings. The molecule has 2 amide bonds. The van der Waals surface area contributed by atoms with Crippen molar-refractivity contribution in [3.8, 4) is 11.6 Å². The quantitative estimate of drug-likeness (QED) is 0.325. The molecule has 28 heavy (non-hydrogen) atoms. The Balaban J connectivity index is 2.04. The molecule has 0 bridgehead atoms. The average molecular weight is 397 g/mol. The highest BCUT2D eigenvalue weighted by molar-refractivity contribution is 5.74. The van der Waals surface area contributed by atoms with Crippen molar-refractivity contribution in [1.82, 2.24) is 15.9 Å². The lowest BCUT2D eigenvalue weighted by molar-refractivity contribution is -0.132. The van der Waals surface area contributed by atoms with E-state index in [1.807, 2.05) is 6.07 Å². The summed E-state index contributed by atoms with van der Waals surface area (Å²) in [6.45, 7) is 1.13. The molecule has 0 atom stereocenters. The van der Waals surface area contributed by atoms with Crippen LogP contribution in [0.4, 0.5) is 0 Å². The molecule has 0 unspecified atom stereocenters. The van der Waals surface area contributed by atoms with E-state index < -0.39 is 0 Å². The standard InChI is InChI=1S/C19H31N3O6/c1-25-21-17(23)9-5-3-7-13-27-16-11-12-19(20-15-16)28-14-8-4-6-10-18(24)22-26-2/h11-12,15H,3-10,13-14H2,1-2H3,(H,21,23)(H,22,24). The number of hydroxylamine groups is 2. The highest BCUT2D eigenvalue weighted by atomic mass is 16.6. The number of unbranched alkanes of at least 4 members (excludes halogenated alkanes) is 4. The van der Waals surface area contributed by atoms with E-state index >= 15 is 0 Å². The molecule has 0 aliphatic heterocycles. The zero-order valence-corrected chi connectivity index (χ0v) is 16.7. The topological polar surface area (TPSA) is 108 Å². The summed E-state index contributed by atoms with van der Waals surface area (Å²) in [6.07, 6.45) is 7.61. The van der Waals surface area contributed by atoms with Crippen LogP contribution in [0.3, 0.4) is 0 Å². The summed E-state index contributed by atoms with van der Waals surface area (Å²) in [5, 5.41) is 0. The van der Waals surface area contributed by atoms with Crippen LogP contribution in [0.1, 0.15) is 51.4 Å². The van der Waals surface area contributed by atoms with Gasteiger partial charge in [-0.3, -0.25) is 19.3 Å². The molecule has 1 aromatic heterocycles. The summed E-state index contributed by atoms with van der Waals surface area (Å²) >= 11 is 0. The zero-order valence-electron chi connectivity index (χ0n) is 16.7. The van der Waals surface area contributed by atoms with Gasteiger partial charge in [-0.2, -0.15) is 0 Å². The van der Waals surface area contributed by atoms with Crippen LogP contribution in [0, 0.1) is 0 Å².